The second-order valence-electron chi connectivity index (χ2n) is 8.99. The van der Waals surface area contributed by atoms with Gasteiger partial charge in [-0.2, -0.15) is 0 Å². The van der Waals surface area contributed by atoms with Gasteiger partial charge in [0.25, 0.3) is 11.8 Å². The molecule has 0 fully saturated rings. The number of rotatable bonds is 7. The maximum Gasteiger partial charge on any atom is 0.338 e. The molecular formula is C30H27N3O5. The van der Waals surface area contributed by atoms with Crippen LogP contribution in [0.5, 0.6) is 0 Å². The number of esters is 1. The number of anilines is 2. The summed E-state index contributed by atoms with van der Waals surface area (Å²) in [5, 5.41) is 7.72. The summed E-state index contributed by atoms with van der Waals surface area (Å²) >= 11 is 0. The van der Waals surface area contributed by atoms with Crippen LogP contribution in [-0.4, -0.2) is 28.5 Å². The van der Waals surface area contributed by atoms with Crippen LogP contribution in [0.3, 0.4) is 0 Å². The highest BCUT2D eigenvalue weighted by Crippen LogP contribution is 2.31. The quantitative estimate of drug-likeness (QED) is 0.256. The Balaban J connectivity index is 1.28. The van der Waals surface area contributed by atoms with Gasteiger partial charge in [-0.25, -0.2) is 4.79 Å². The van der Waals surface area contributed by atoms with Crippen molar-refractivity contribution in [2.24, 2.45) is 0 Å². The van der Waals surface area contributed by atoms with Crippen LogP contribution < -0.4 is 10.6 Å². The van der Waals surface area contributed by atoms with E-state index in [1.807, 2.05) is 30.3 Å². The number of aromatic nitrogens is 1. The average Bonchev–Trinajstić information content (AvgIpc) is 3.56. The number of amides is 2. The molecule has 2 N–H and O–H groups in total. The zero-order valence-corrected chi connectivity index (χ0v) is 21.3. The van der Waals surface area contributed by atoms with Gasteiger partial charge in [-0.1, -0.05) is 24.3 Å². The summed E-state index contributed by atoms with van der Waals surface area (Å²) in [6.07, 6.45) is 0.362. The molecule has 5 rings (SSSR count). The van der Waals surface area contributed by atoms with Crippen molar-refractivity contribution in [1.29, 1.82) is 0 Å². The summed E-state index contributed by atoms with van der Waals surface area (Å²) in [5.74, 6) is -1.41. The molecule has 0 aliphatic rings. The third kappa shape index (κ3) is 4.76. The normalized spacial score (nSPS) is 11.9. The van der Waals surface area contributed by atoms with Gasteiger partial charge >= 0.3 is 5.97 Å². The van der Waals surface area contributed by atoms with Gasteiger partial charge < -0.3 is 24.4 Å². The van der Waals surface area contributed by atoms with Gasteiger partial charge in [0.1, 0.15) is 0 Å². The fraction of sp³-hybridized carbons (Fsp3) is 0.167. The number of benzene rings is 3. The summed E-state index contributed by atoms with van der Waals surface area (Å²) < 4.78 is 12.8. The fourth-order valence-corrected chi connectivity index (χ4v) is 4.47. The van der Waals surface area contributed by atoms with Gasteiger partial charge in [0.2, 0.25) is 0 Å². The number of ether oxygens (including phenoxy) is 1. The Bertz CT molecular complexity index is 1670. The van der Waals surface area contributed by atoms with E-state index >= 15 is 0 Å². The number of hydrogen-bond acceptors (Lipinski definition) is 5. The molecule has 2 amide bonds. The molecule has 8 heteroatoms. The van der Waals surface area contributed by atoms with Gasteiger partial charge in [-0.15, -0.1) is 0 Å². The minimum atomic E-state index is -1.04. The lowest BCUT2D eigenvalue weighted by atomic mass is 10.1. The van der Waals surface area contributed by atoms with E-state index in [1.54, 1.807) is 31.2 Å². The Morgan fingerprint density at radius 3 is 2.47 bits per heavy atom. The van der Waals surface area contributed by atoms with Crippen LogP contribution in [0.25, 0.3) is 21.8 Å². The predicted octanol–water partition coefficient (Wildman–Crippen LogP) is 6.15. The van der Waals surface area contributed by atoms with Gasteiger partial charge in [0, 0.05) is 39.7 Å². The third-order valence-electron chi connectivity index (χ3n) is 6.48. The van der Waals surface area contributed by atoms with Gasteiger partial charge in [0.15, 0.2) is 11.9 Å². The first kappa shape index (κ1) is 24.8. The second kappa shape index (κ2) is 10.3. The Kier molecular flexibility index (Phi) is 6.70. The molecule has 3 aromatic carbocycles. The van der Waals surface area contributed by atoms with Crippen LogP contribution in [0.4, 0.5) is 11.4 Å². The summed E-state index contributed by atoms with van der Waals surface area (Å²) in [6, 6.07) is 21.9. The van der Waals surface area contributed by atoms with E-state index in [9.17, 15) is 14.4 Å². The predicted molar refractivity (Wildman–Crippen MR) is 146 cm³/mol. The molecule has 1 unspecified atom stereocenters. The fourth-order valence-electron chi connectivity index (χ4n) is 4.47. The average molecular weight is 510 g/mol. The van der Waals surface area contributed by atoms with Crippen LogP contribution >= 0.6 is 0 Å². The first-order chi connectivity index (χ1) is 18.4. The molecule has 192 valence electrons. The molecule has 0 aliphatic carbocycles. The van der Waals surface area contributed by atoms with Crippen LogP contribution in [-0.2, 0) is 16.1 Å². The minimum absolute atomic E-state index is 0.153. The van der Waals surface area contributed by atoms with Crippen LogP contribution in [0.15, 0.2) is 83.5 Å². The summed E-state index contributed by atoms with van der Waals surface area (Å²) in [4.78, 5) is 38.0. The van der Waals surface area contributed by atoms with Gasteiger partial charge in [-0.3, -0.25) is 9.59 Å². The van der Waals surface area contributed by atoms with E-state index < -0.39 is 23.9 Å². The highest BCUT2D eigenvalue weighted by Gasteiger charge is 2.21. The first-order valence-electron chi connectivity index (χ1n) is 12.3. The molecule has 0 bridgehead atoms. The summed E-state index contributed by atoms with van der Waals surface area (Å²) in [6.45, 7) is 6.25. The number of aryl methyl sites for hydroxylation is 2. The van der Waals surface area contributed by atoms with Crippen LogP contribution in [0.1, 0.15) is 40.3 Å². The molecular weight excluding hydrogens is 482 g/mol. The lowest BCUT2D eigenvalue weighted by Gasteiger charge is -2.15. The largest absolute Gasteiger partial charge is 0.459 e. The minimum Gasteiger partial charge on any atom is -0.459 e. The highest BCUT2D eigenvalue weighted by molar-refractivity contribution is 6.10. The SMILES string of the molecule is CCn1c2ccccc2c2cc(NC(=O)C(C)OC(=O)c3ccc(C)c(NC(=O)c4ccco4)c3)ccc21. The Labute approximate surface area is 219 Å². The van der Waals surface area contributed by atoms with E-state index in [2.05, 4.69) is 34.3 Å². The molecule has 5 aromatic rings. The zero-order chi connectivity index (χ0) is 26.8. The zero-order valence-electron chi connectivity index (χ0n) is 21.3. The maximum absolute atomic E-state index is 12.9. The highest BCUT2D eigenvalue weighted by atomic mass is 16.5. The van der Waals surface area contributed by atoms with Crippen molar-refractivity contribution in [2.45, 2.75) is 33.4 Å². The molecule has 0 spiro atoms. The molecule has 0 saturated carbocycles. The molecule has 2 heterocycles. The van der Waals surface area contributed by atoms with Crippen LogP contribution in [0, 0.1) is 6.92 Å². The standard InChI is InChI=1S/C30H27N3O5/c1-4-33-25-9-6-5-8-22(25)23-17-21(13-14-26(23)33)31-28(34)19(3)38-30(36)20-12-11-18(2)24(16-20)32-29(35)27-10-7-15-37-27/h5-17,19H,4H2,1-3H3,(H,31,34)(H,32,35). The van der Waals surface area contributed by atoms with Crippen molar-refractivity contribution in [3.63, 3.8) is 0 Å². The second-order valence-corrected chi connectivity index (χ2v) is 8.99. The van der Waals surface area contributed by atoms with Crippen molar-refractivity contribution in [3.05, 3.63) is 95.9 Å². The first-order valence-corrected chi connectivity index (χ1v) is 12.3. The van der Waals surface area contributed by atoms with Crippen molar-refractivity contribution in [1.82, 2.24) is 4.57 Å². The Morgan fingerprint density at radius 2 is 1.71 bits per heavy atom. The van der Waals surface area contributed by atoms with Crippen molar-refractivity contribution >= 4 is 51.0 Å². The number of carbonyl (C=O) groups excluding carboxylic acids is 3. The van der Waals surface area contributed by atoms with Gasteiger partial charge in [-0.05, 0) is 74.9 Å². The van der Waals surface area contributed by atoms with Crippen molar-refractivity contribution in [2.75, 3.05) is 10.6 Å². The summed E-state index contributed by atoms with van der Waals surface area (Å²) in [7, 11) is 0. The van der Waals surface area contributed by atoms with E-state index in [1.165, 1.54) is 19.3 Å². The number of para-hydroxylation sites is 1. The molecule has 2 aromatic heterocycles. The Morgan fingerprint density at radius 1 is 0.921 bits per heavy atom. The maximum atomic E-state index is 12.9. The van der Waals surface area contributed by atoms with Crippen LogP contribution in [0.2, 0.25) is 0 Å². The Hall–Kier alpha value is -4.85. The number of nitrogens with one attached hydrogen (secondary N) is 2. The topological polar surface area (TPSA) is 103 Å². The molecule has 0 saturated heterocycles. The molecule has 0 aliphatic heterocycles. The monoisotopic (exact) mass is 509 g/mol. The number of carbonyl (C=O) groups is 3. The van der Waals surface area contributed by atoms with E-state index in [0.717, 1.165) is 33.9 Å². The molecule has 1 atom stereocenters. The van der Waals surface area contributed by atoms with Crippen molar-refractivity contribution in [3.8, 4) is 0 Å². The third-order valence-corrected chi connectivity index (χ3v) is 6.48. The molecule has 0 radical (unpaired) electrons. The number of nitrogens with zero attached hydrogens (tertiary/aromatic N) is 1. The lowest BCUT2D eigenvalue weighted by molar-refractivity contribution is -0.123. The van der Waals surface area contributed by atoms with Gasteiger partial charge in [0.05, 0.1) is 11.8 Å². The van der Waals surface area contributed by atoms with E-state index in [0.29, 0.717) is 11.4 Å². The number of furan rings is 1. The molecule has 8 nitrogen and oxygen atoms in total. The lowest BCUT2D eigenvalue weighted by Crippen LogP contribution is -2.30. The smallest absolute Gasteiger partial charge is 0.338 e. The summed E-state index contributed by atoms with van der Waals surface area (Å²) in [5.41, 5.74) is 4.24. The van der Waals surface area contributed by atoms with E-state index in [-0.39, 0.29) is 11.3 Å². The number of hydrogen-bond donors (Lipinski definition) is 2. The number of fused-ring (bicyclic) bond motifs is 3. The van der Waals surface area contributed by atoms with E-state index in [4.69, 9.17) is 9.15 Å². The van der Waals surface area contributed by atoms with Crippen molar-refractivity contribution < 1.29 is 23.5 Å². The molecule has 38 heavy (non-hydrogen) atoms.